The van der Waals surface area contributed by atoms with Crippen LogP contribution in [0.4, 0.5) is 0 Å². The van der Waals surface area contributed by atoms with Gasteiger partial charge in [0.05, 0.1) is 10.1 Å². The molecule has 1 aromatic carbocycles. The van der Waals surface area contributed by atoms with Crippen molar-refractivity contribution in [1.29, 1.82) is 0 Å². The minimum Gasteiger partial charge on any atom is -0.477 e. The fourth-order valence-corrected chi connectivity index (χ4v) is 7.55. The van der Waals surface area contributed by atoms with Gasteiger partial charge in [0.15, 0.2) is 0 Å². The maximum Gasteiger partial charge on any atom is 0.353 e. The predicted molar refractivity (Wildman–Crippen MR) is 137 cm³/mol. The van der Waals surface area contributed by atoms with Gasteiger partial charge in [-0.15, -0.1) is 23.5 Å². The third kappa shape index (κ3) is 4.28. The zero-order valence-electron chi connectivity index (χ0n) is 18.7. The third-order valence-corrected chi connectivity index (χ3v) is 9.79. The molecule has 4 heterocycles. The van der Waals surface area contributed by atoms with Gasteiger partial charge in [0.25, 0.3) is 17.7 Å². The maximum atomic E-state index is 13.2. The maximum absolute atomic E-state index is 13.2. The van der Waals surface area contributed by atoms with E-state index < -0.39 is 58.5 Å². The van der Waals surface area contributed by atoms with Crippen LogP contribution in [0.15, 0.2) is 51.8 Å². The summed E-state index contributed by atoms with van der Waals surface area (Å²) in [5, 5.41) is 13.5. The Labute approximate surface area is 228 Å². The lowest BCUT2D eigenvalue weighted by Gasteiger charge is -2.51. The largest absolute Gasteiger partial charge is 0.477 e. The Morgan fingerprint density at radius 3 is 2.00 bits per heavy atom. The van der Waals surface area contributed by atoms with Gasteiger partial charge in [-0.1, -0.05) is 53.5 Å². The molecule has 4 aliphatic rings. The molecule has 11 nitrogen and oxygen atoms in total. The number of nitrogens with one attached hydrogen (secondary N) is 2. The van der Waals surface area contributed by atoms with Crippen LogP contribution in [-0.2, 0) is 24.0 Å². The molecule has 0 aliphatic carbocycles. The number of halogens is 2. The number of hydrogen-bond donors (Lipinski definition) is 4. The zero-order chi connectivity index (χ0) is 26.6. The normalized spacial score (nSPS) is 27.5. The highest BCUT2D eigenvalue weighted by Gasteiger charge is 2.57. The van der Waals surface area contributed by atoms with Crippen molar-refractivity contribution in [2.75, 3.05) is 11.5 Å². The van der Waals surface area contributed by atoms with Gasteiger partial charge in [-0.2, -0.15) is 0 Å². The highest BCUT2D eigenvalue weighted by Crippen LogP contribution is 2.43. The van der Waals surface area contributed by atoms with E-state index in [0.29, 0.717) is 5.56 Å². The summed E-state index contributed by atoms with van der Waals surface area (Å²) in [4.78, 5) is 65.3. The van der Waals surface area contributed by atoms with Crippen LogP contribution in [0.1, 0.15) is 11.6 Å². The van der Waals surface area contributed by atoms with Crippen LogP contribution in [-0.4, -0.2) is 78.8 Å². The summed E-state index contributed by atoms with van der Waals surface area (Å²) in [5.74, 6) is -3.40. The summed E-state index contributed by atoms with van der Waals surface area (Å²) in [6.45, 7) is 0. The Morgan fingerprint density at radius 1 is 0.919 bits per heavy atom. The first kappa shape index (κ1) is 25.9. The smallest absolute Gasteiger partial charge is 0.353 e. The van der Waals surface area contributed by atoms with E-state index in [1.165, 1.54) is 28.4 Å². The monoisotopic (exact) mass is 583 g/mol. The van der Waals surface area contributed by atoms with E-state index in [1.807, 2.05) is 0 Å². The Morgan fingerprint density at radius 2 is 1.43 bits per heavy atom. The van der Waals surface area contributed by atoms with Crippen LogP contribution in [0.3, 0.4) is 0 Å². The first-order chi connectivity index (χ1) is 17.6. The van der Waals surface area contributed by atoms with Crippen molar-refractivity contribution < 1.29 is 29.1 Å². The molecule has 0 bridgehead atoms. The average Bonchev–Trinajstić information content (AvgIpc) is 2.89. The van der Waals surface area contributed by atoms with Gasteiger partial charge in [-0.3, -0.25) is 29.0 Å². The number of nitrogens with two attached hydrogens (primary N) is 1. The summed E-state index contributed by atoms with van der Waals surface area (Å²) < 4.78 is 0. The van der Waals surface area contributed by atoms with Crippen molar-refractivity contribution in [3.8, 4) is 0 Å². The Hall–Kier alpha value is -2.71. The van der Waals surface area contributed by atoms with Crippen molar-refractivity contribution in [2.45, 2.75) is 28.9 Å². The first-order valence-electron chi connectivity index (χ1n) is 10.9. The third-order valence-electron chi connectivity index (χ3n) is 6.29. The van der Waals surface area contributed by atoms with Gasteiger partial charge < -0.3 is 21.5 Å². The number of aliphatic carboxylic acids is 1. The first-order valence-corrected chi connectivity index (χ1v) is 13.8. The fraction of sp³-hybridized carbons (Fsp3) is 0.318. The van der Waals surface area contributed by atoms with Crippen molar-refractivity contribution >= 4 is 76.3 Å². The Bertz CT molecular complexity index is 1290. The molecule has 0 unspecified atom stereocenters. The van der Waals surface area contributed by atoms with Crippen LogP contribution < -0.4 is 16.4 Å². The molecule has 0 saturated carbocycles. The fourth-order valence-electron chi connectivity index (χ4n) is 4.44. The molecule has 4 aliphatic heterocycles. The molecule has 0 spiro atoms. The summed E-state index contributed by atoms with van der Waals surface area (Å²) in [6, 6.07) is 5.81. The molecular formula is C22H19Cl2N5O6S2. The predicted octanol–water partition coefficient (Wildman–Crippen LogP) is 0.472. The zero-order valence-corrected chi connectivity index (χ0v) is 21.9. The number of benzene rings is 1. The van der Waals surface area contributed by atoms with Crippen LogP contribution in [0.25, 0.3) is 0 Å². The topological polar surface area (TPSA) is 162 Å². The Balaban J connectivity index is 1.26. The molecule has 194 valence electrons. The number of hydrogen-bond acceptors (Lipinski definition) is 8. The number of carbonyl (C=O) groups is 5. The molecule has 5 N–H and O–H groups in total. The summed E-state index contributed by atoms with van der Waals surface area (Å²) in [7, 11) is 0. The van der Waals surface area contributed by atoms with Crippen molar-refractivity contribution in [3.05, 3.63) is 57.4 Å². The molecule has 37 heavy (non-hydrogen) atoms. The van der Waals surface area contributed by atoms with Gasteiger partial charge in [-0.05, 0) is 5.56 Å². The van der Waals surface area contributed by atoms with Gasteiger partial charge in [0.2, 0.25) is 5.91 Å². The van der Waals surface area contributed by atoms with E-state index in [1.54, 1.807) is 30.3 Å². The highest BCUT2D eigenvalue weighted by molar-refractivity contribution is 8.00. The second-order valence-corrected chi connectivity index (χ2v) is 11.6. The SMILES string of the molecule is N[C@@H](C(=O)N[C@@H]1C(=O)N2C(C(=O)N[C@@H]3C(=O)N4C(C(=O)O)=C(Cl)CS[C@H]34)=C(Cl)CS[C@H]12)c1ccccc1. The van der Waals surface area contributed by atoms with E-state index in [9.17, 15) is 29.1 Å². The highest BCUT2D eigenvalue weighted by atomic mass is 35.5. The van der Waals surface area contributed by atoms with E-state index in [0.717, 1.165) is 4.90 Å². The van der Waals surface area contributed by atoms with Crippen molar-refractivity contribution in [1.82, 2.24) is 20.4 Å². The molecule has 5 rings (SSSR count). The van der Waals surface area contributed by atoms with Gasteiger partial charge >= 0.3 is 5.97 Å². The molecule has 5 atom stereocenters. The number of carboxylic acids is 1. The number of amides is 4. The van der Waals surface area contributed by atoms with E-state index in [-0.39, 0.29) is 33.0 Å². The number of rotatable bonds is 6. The van der Waals surface area contributed by atoms with Crippen LogP contribution >= 0.6 is 46.7 Å². The molecule has 0 aromatic heterocycles. The minimum atomic E-state index is -1.34. The number of fused-ring (bicyclic) bond motifs is 2. The molecular weight excluding hydrogens is 565 g/mol. The lowest BCUT2D eigenvalue weighted by molar-refractivity contribution is -0.151. The second kappa shape index (κ2) is 9.87. The average molecular weight is 584 g/mol. The molecule has 4 amide bonds. The van der Waals surface area contributed by atoms with Crippen LogP contribution in [0.2, 0.25) is 0 Å². The van der Waals surface area contributed by atoms with Gasteiger partial charge in [-0.25, -0.2) is 4.79 Å². The molecule has 2 fully saturated rings. The number of carboxylic acid groups (broad SMARTS) is 1. The quantitative estimate of drug-likeness (QED) is 0.349. The summed E-state index contributed by atoms with van der Waals surface area (Å²) in [5.41, 5.74) is 6.21. The van der Waals surface area contributed by atoms with E-state index in [2.05, 4.69) is 10.6 Å². The summed E-state index contributed by atoms with van der Waals surface area (Å²) >= 11 is 14.8. The standard InChI is InChI=1S/C22H19Cl2N5O6S2/c23-9-6-36-20-12(26-16(30)11(25)8-4-2-1-3-5-8)18(32)28(20)14(9)17(31)27-13-19(33)29-15(22(34)35)10(24)7-37-21(13)29/h1-5,11-13,20-21H,6-7,25H2,(H,26,30)(H,27,31)(H,34,35)/t11-,12-,13-,20-,21-/m1/s1. The second-order valence-electron chi connectivity index (χ2n) is 8.46. The van der Waals surface area contributed by atoms with Gasteiger partial charge in [0.1, 0.15) is 40.3 Å². The van der Waals surface area contributed by atoms with Crippen LogP contribution in [0.5, 0.6) is 0 Å². The number of thioether (sulfide) groups is 2. The number of nitrogens with zero attached hydrogens (tertiary/aromatic N) is 2. The minimum absolute atomic E-state index is 0.0380. The Kier molecular flexibility index (Phi) is 6.92. The molecule has 0 radical (unpaired) electrons. The van der Waals surface area contributed by atoms with E-state index >= 15 is 0 Å². The van der Waals surface area contributed by atoms with Gasteiger partial charge in [0, 0.05) is 11.5 Å². The van der Waals surface area contributed by atoms with E-state index in [4.69, 9.17) is 28.9 Å². The van der Waals surface area contributed by atoms with Crippen molar-refractivity contribution in [3.63, 3.8) is 0 Å². The molecule has 2 saturated heterocycles. The lowest BCUT2D eigenvalue weighted by Crippen LogP contribution is -2.73. The lowest BCUT2D eigenvalue weighted by atomic mass is 10.0. The number of carbonyl (C=O) groups excluding carboxylic acids is 4. The van der Waals surface area contributed by atoms with Crippen molar-refractivity contribution in [2.24, 2.45) is 5.73 Å². The molecule has 15 heteroatoms. The molecule has 1 aromatic rings. The summed E-state index contributed by atoms with van der Waals surface area (Å²) in [6.07, 6.45) is 0. The number of β-lactam (4-membered cyclic amide) rings is 2. The van der Waals surface area contributed by atoms with Crippen LogP contribution in [0, 0.1) is 0 Å².